The number of hydrogen-bond donors (Lipinski definition) is 1. The highest BCUT2D eigenvalue weighted by Crippen LogP contribution is 2.43. The fourth-order valence-electron chi connectivity index (χ4n) is 4.77. The third kappa shape index (κ3) is 3.78. The highest BCUT2D eigenvalue weighted by molar-refractivity contribution is 5.88. The highest BCUT2D eigenvalue weighted by atomic mass is 16.4. The summed E-state index contributed by atoms with van der Waals surface area (Å²) in [6, 6.07) is 10.5. The largest absolute Gasteiger partial charge is 0.480 e. The first-order valence-corrected chi connectivity index (χ1v) is 9.87. The number of rotatable bonds is 6. The van der Waals surface area contributed by atoms with Gasteiger partial charge in [0.05, 0.1) is 12.0 Å². The van der Waals surface area contributed by atoms with Gasteiger partial charge in [-0.1, -0.05) is 50.1 Å². The number of carbonyl (C=O) groups is 2. The van der Waals surface area contributed by atoms with Gasteiger partial charge in [-0.15, -0.1) is 0 Å². The molecule has 3 rings (SSSR count). The monoisotopic (exact) mass is 358 g/mol. The smallest absolute Gasteiger partial charge is 0.317 e. The van der Waals surface area contributed by atoms with Crippen molar-refractivity contribution in [2.24, 2.45) is 0 Å². The molecule has 0 unspecified atom stereocenters. The van der Waals surface area contributed by atoms with Gasteiger partial charge in [-0.3, -0.25) is 14.5 Å². The van der Waals surface area contributed by atoms with Gasteiger partial charge in [-0.05, 0) is 37.8 Å². The Morgan fingerprint density at radius 1 is 1.15 bits per heavy atom. The average Bonchev–Trinajstić information content (AvgIpc) is 3.17. The first-order chi connectivity index (χ1) is 12.6. The summed E-state index contributed by atoms with van der Waals surface area (Å²) < 4.78 is 0. The fraction of sp³-hybridized carbons (Fsp3) is 0.619. The summed E-state index contributed by atoms with van der Waals surface area (Å²) in [6.07, 6.45) is 5.82. The van der Waals surface area contributed by atoms with E-state index in [2.05, 4.69) is 12.1 Å². The molecule has 1 heterocycles. The van der Waals surface area contributed by atoms with Crippen LogP contribution in [0.4, 0.5) is 0 Å². The van der Waals surface area contributed by atoms with Crippen molar-refractivity contribution in [2.75, 3.05) is 26.2 Å². The second-order valence-corrected chi connectivity index (χ2v) is 7.64. The van der Waals surface area contributed by atoms with Gasteiger partial charge < -0.3 is 10.0 Å². The van der Waals surface area contributed by atoms with Crippen LogP contribution >= 0.6 is 0 Å². The number of nitrogens with zero attached hydrogens (tertiary/aromatic N) is 2. The predicted molar refractivity (Wildman–Crippen MR) is 101 cm³/mol. The fourth-order valence-corrected chi connectivity index (χ4v) is 4.77. The minimum atomic E-state index is -0.778. The average molecular weight is 358 g/mol. The van der Waals surface area contributed by atoms with Crippen molar-refractivity contribution in [3.63, 3.8) is 0 Å². The number of piperidine rings is 1. The third-order valence-electron chi connectivity index (χ3n) is 6.21. The van der Waals surface area contributed by atoms with Crippen molar-refractivity contribution >= 4 is 11.9 Å². The van der Waals surface area contributed by atoms with Crippen molar-refractivity contribution in [2.45, 2.75) is 56.9 Å². The maximum Gasteiger partial charge on any atom is 0.317 e. The van der Waals surface area contributed by atoms with Crippen molar-refractivity contribution in [3.8, 4) is 0 Å². The predicted octanol–water partition coefficient (Wildman–Crippen LogP) is 2.90. The molecule has 5 heteroatoms. The van der Waals surface area contributed by atoms with E-state index >= 15 is 0 Å². The Hall–Kier alpha value is -1.88. The highest BCUT2D eigenvalue weighted by Gasteiger charge is 2.45. The second kappa shape index (κ2) is 8.21. The van der Waals surface area contributed by atoms with Crippen LogP contribution in [0.5, 0.6) is 0 Å². The van der Waals surface area contributed by atoms with E-state index in [1.807, 2.05) is 34.9 Å². The summed E-state index contributed by atoms with van der Waals surface area (Å²) in [4.78, 5) is 28.6. The molecule has 0 bridgehead atoms. The Kier molecular flexibility index (Phi) is 5.97. The van der Waals surface area contributed by atoms with E-state index in [-0.39, 0.29) is 23.9 Å². The molecule has 0 radical (unpaired) electrons. The SMILES string of the molecule is CCN(CC(=O)O)C1CCN(C(=O)C2(c3ccccc3)CCCC2)CC1. The first kappa shape index (κ1) is 18.9. The molecule has 1 aromatic rings. The molecule has 2 fully saturated rings. The molecule has 1 saturated carbocycles. The van der Waals surface area contributed by atoms with Crippen LogP contribution in [0.15, 0.2) is 30.3 Å². The third-order valence-corrected chi connectivity index (χ3v) is 6.21. The van der Waals surface area contributed by atoms with Crippen LogP contribution in [0, 0.1) is 0 Å². The Labute approximate surface area is 156 Å². The van der Waals surface area contributed by atoms with Crippen LogP contribution in [-0.4, -0.2) is 59.0 Å². The maximum atomic E-state index is 13.5. The Balaban J connectivity index is 1.68. The second-order valence-electron chi connectivity index (χ2n) is 7.64. The number of carboxylic acid groups (broad SMARTS) is 1. The number of benzene rings is 1. The lowest BCUT2D eigenvalue weighted by molar-refractivity contribution is -0.142. The van der Waals surface area contributed by atoms with Gasteiger partial charge in [0.1, 0.15) is 0 Å². The molecule has 26 heavy (non-hydrogen) atoms. The summed E-state index contributed by atoms with van der Waals surface area (Å²) in [6.45, 7) is 4.29. The number of carboxylic acids is 1. The molecule has 0 aromatic heterocycles. The number of aliphatic carboxylic acids is 1. The van der Waals surface area contributed by atoms with Gasteiger partial charge in [0, 0.05) is 19.1 Å². The van der Waals surface area contributed by atoms with Crippen LogP contribution in [0.2, 0.25) is 0 Å². The van der Waals surface area contributed by atoms with Crippen LogP contribution in [0.25, 0.3) is 0 Å². The van der Waals surface area contributed by atoms with Gasteiger partial charge in [0.15, 0.2) is 0 Å². The Morgan fingerprint density at radius 3 is 2.31 bits per heavy atom. The summed E-state index contributed by atoms with van der Waals surface area (Å²) in [5.41, 5.74) is 0.810. The summed E-state index contributed by atoms with van der Waals surface area (Å²) in [7, 11) is 0. The molecular weight excluding hydrogens is 328 g/mol. The number of likely N-dealkylation sites (N-methyl/N-ethyl adjacent to an activating group) is 1. The zero-order valence-corrected chi connectivity index (χ0v) is 15.7. The molecule has 2 aliphatic rings. The van der Waals surface area contributed by atoms with Gasteiger partial charge in [0.25, 0.3) is 0 Å². The number of amides is 1. The van der Waals surface area contributed by atoms with Gasteiger partial charge in [-0.25, -0.2) is 0 Å². The molecule has 1 amide bonds. The molecule has 0 spiro atoms. The molecular formula is C21H30N2O3. The van der Waals surface area contributed by atoms with E-state index in [1.165, 1.54) is 0 Å². The molecule has 1 aromatic carbocycles. The summed E-state index contributed by atoms with van der Waals surface area (Å²) in [5, 5.41) is 9.08. The van der Waals surface area contributed by atoms with E-state index in [0.29, 0.717) is 0 Å². The van der Waals surface area contributed by atoms with E-state index in [0.717, 1.165) is 63.7 Å². The van der Waals surface area contributed by atoms with Crippen molar-refractivity contribution in [1.29, 1.82) is 0 Å². The Bertz CT molecular complexity index is 617. The quantitative estimate of drug-likeness (QED) is 0.849. The van der Waals surface area contributed by atoms with E-state index < -0.39 is 5.97 Å². The molecule has 1 aliphatic heterocycles. The minimum Gasteiger partial charge on any atom is -0.480 e. The van der Waals surface area contributed by atoms with Gasteiger partial charge in [0.2, 0.25) is 5.91 Å². The lowest BCUT2D eigenvalue weighted by atomic mass is 9.77. The number of carbonyl (C=O) groups excluding carboxylic acids is 1. The number of likely N-dealkylation sites (tertiary alicyclic amines) is 1. The van der Waals surface area contributed by atoms with Gasteiger partial charge in [-0.2, -0.15) is 0 Å². The first-order valence-electron chi connectivity index (χ1n) is 9.87. The zero-order chi connectivity index (χ0) is 18.6. The van der Waals surface area contributed by atoms with E-state index in [9.17, 15) is 9.59 Å². The molecule has 1 N–H and O–H groups in total. The summed E-state index contributed by atoms with van der Waals surface area (Å²) >= 11 is 0. The topological polar surface area (TPSA) is 60.9 Å². The van der Waals surface area contributed by atoms with Crippen molar-refractivity contribution < 1.29 is 14.7 Å². The lowest BCUT2D eigenvalue weighted by Gasteiger charge is -2.41. The van der Waals surface area contributed by atoms with E-state index in [4.69, 9.17) is 5.11 Å². The molecule has 1 aliphatic carbocycles. The summed E-state index contributed by atoms with van der Waals surface area (Å²) in [5.74, 6) is -0.500. The normalized spacial score (nSPS) is 20.5. The Morgan fingerprint density at radius 2 is 1.77 bits per heavy atom. The zero-order valence-electron chi connectivity index (χ0n) is 15.7. The standard InChI is InChI=1S/C21H30N2O3/c1-2-22(16-19(24)25)18-10-14-23(15-11-18)20(26)21(12-6-7-13-21)17-8-4-3-5-9-17/h3-5,8-9,18H,2,6-7,10-16H2,1H3,(H,24,25). The molecule has 142 valence electrons. The number of hydrogen-bond acceptors (Lipinski definition) is 3. The van der Waals surface area contributed by atoms with E-state index in [1.54, 1.807) is 0 Å². The van der Waals surface area contributed by atoms with Crippen molar-refractivity contribution in [1.82, 2.24) is 9.80 Å². The molecule has 1 saturated heterocycles. The van der Waals surface area contributed by atoms with Gasteiger partial charge >= 0.3 is 5.97 Å². The van der Waals surface area contributed by atoms with Crippen LogP contribution < -0.4 is 0 Å². The van der Waals surface area contributed by atoms with Crippen LogP contribution in [0.3, 0.4) is 0 Å². The molecule has 5 nitrogen and oxygen atoms in total. The van der Waals surface area contributed by atoms with Crippen molar-refractivity contribution in [3.05, 3.63) is 35.9 Å². The van der Waals surface area contributed by atoms with Crippen LogP contribution in [-0.2, 0) is 15.0 Å². The minimum absolute atomic E-state index is 0.0864. The maximum absolute atomic E-state index is 13.5. The lowest BCUT2D eigenvalue weighted by Crippen LogP contribution is -2.52. The molecule has 0 atom stereocenters. The van der Waals surface area contributed by atoms with Crippen LogP contribution in [0.1, 0.15) is 51.0 Å².